The van der Waals surface area contributed by atoms with Crippen molar-refractivity contribution in [1.82, 2.24) is 13.9 Å². The first-order valence-corrected chi connectivity index (χ1v) is 7.03. The Hall–Kier alpha value is -0.920. The van der Waals surface area contributed by atoms with Crippen LogP contribution in [0.4, 0.5) is 0 Å². The van der Waals surface area contributed by atoms with Crippen LogP contribution in [0.5, 0.6) is 0 Å². The summed E-state index contributed by atoms with van der Waals surface area (Å²) in [4.78, 5) is 4.05. The van der Waals surface area contributed by atoms with E-state index in [0.717, 1.165) is 6.42 Å². The minimum atomic E-state index is -3.56. The van der Waals surface area contributed by atoms with Crippen LogP contribution in [0.15, 0.2) is 11.2 Å². The molecule has 1 atom stereocenters. The van der Waals surface area contributed by atoms with Crippen molar-refractivity contribution >= 4 is 10.0 Å². The van der Waals surface area contributed by atoms with Crippen molar-refractivity contribution in [3.8, 4) is 0 Å². The quantitative estimate of drug-likeness (QED) is 0.820. The normalized spacial score (nSPS) is 22.2. The van der Waals surface area contributed by atoms with Crippen molar-refractivity contribution in [1.29, 1.82) is 0 Å². The van der Waals surface area contributed by atoms with Crippen LogP contribution >= 0.6 is 0 Å². The lowest BCUT2D eigenvalue weighted by atomic mass is 10.2. The van der Waals surface area contributed by atoms with Gasteiger partial charge in [-0.2, -0.15) is 4.31 Å². The molecule has 1 saturated heterocycles. The zero-order valence-electron chi connectivity index (χ0n) is 10.00. The Morgan fingerprint density at radius 3 is 2.82 bits per heavy atom. The lowest BCUT2D eigenvalue weighted by Crippen LogP contribution is -2.37. The Balaban J connectivity index is 2.36. The summed E-state index contributed by atoms with van der Waals surface area (Å²) in [5, 5.41) is 9.24. The number of aromatic nitrogens is 2. The summed E-state index contributed by atoms with van der Waals surface area (Å²) in [5.41, 5.74) is 0. The molecule has 0 aromatic carbocycles. The van der Waals surface area contributed by atoms with Gasteiger partial charge in [0.15, 0.2) is 5.03 Å². The Morgan fingerprint density at radius 2 is 2.29 bits per heavy atom. The predicted octanol–water partition coefficient (Wildman–Crippen LogP) is -0.126. The standard InChI is InChI=1S/C10H17N3O3S/c1-8-11-10(6-12(8)2)17(15,16)13-5-3-4-9(13)7-14/h6,9,14H,3-5,7H2,1-2H3/t9-/m0/s1. The van der Waals surface area contributed by atoms with Crippen LogP contribution in [0.25, 0.3) is 0 Å². The SMILES string of the molecule is Cc1nc(S(=O)(=O)N2CCC[C@H]2CO)cn1C. The maximum Gasteiger partial charge on any atom is 0.262 e. The van der Waals surface area contributed by atoms with Crippen molar-refractivity contribution < 1.29 is 13.5 Å². The van der Waals surface area contributed by atoms with E-state index in [4.69, 9.17) is 0 Å². The van der Waals surface area contributed by atoms with Crippen LogP contribution in [0.2, 0.25) is 0 Å². The topological polar surface area (TPSA) is 75.4 Å². The first-order valence-electron chi connectivity index (χ1n) is 5.59. The number of sulfonamides is 1. The molecule has 2 heterocycles. The van der Waals surface area contributed by atoms with Gasteiger partial charge in [-0.3, -0.25) is 0 Å². The van der Waals surface area contributed by atoms with Crippen LogP contribution in [0.1, 0.15) is 18.7 Å². The average molecular weight is 259 g/mol. The second kappa shape index (κ2) is 4.40. The molecular weight excluding hydrogens is 242 g/mol. The van der Waals surface area contributed by atoms with E-state index in [1.54, 1.807) is 18.5 Å². The molecule has 1 aromatic rings. The monoisotopic (exact) mass is 259 g/mol. The molecule has 2 rings (SSSR count). The van der Waals surface area contributed by atoms with Crippen LogP contribution in [0, 0.1) is 6.92 Å². The summed E-state index contributed by atoms with van der Waals surface area (Å²) in [6.07, 6.45) is 3.01. The third kappa shape index (κ3) is 2.10. The maximum atomic E-state index is 12.3. The summed E-state index contributed by atoms with van der Waals surface area (Å²) in [7, 11) is -1.80. The van der Waals surface area contributed by atoms with Gasteiger partial charge in [0.25, 0.3) is 10.0 Å². The number of hydrogen-bond donors (Lipinski definition) is 1. The molecule has 17 heavy (non-hydrogen) atoms. The lowest BCUT2D eigenvalue weighted by molar-refractivity contribution is 0.213. The van der Waals surface area contributed by atoms with Crippen LogP contribution in [-0.4, -0.2) is 46.6 Å². The minimum Gasteiger partial charge on any atom is -0.395 e. The zero-order valence-corrected chi connectivity index (χ0v) is 10.8. The number of aliphatic hydroxyl groups is 1. The molecule has 0 radical (unpaired) electrons. The number of aliphatic hydroxyl groups excluding tert-OH is 1. The van der Waals surface area contributed by atoms with Crippen molar-refractivity contribution in [3.63, 3.8) is 0 Å². The summed E-state index contributed by atoms with van der Waals surface area (Å²) < 4.78 is 27.6. The van der Waals surface area contributed by atoms with Crippen molar-refractivity contribution in [2.24, 2.45) is 7.05 Å². The molecule has 1 N–H and O–H groups in total. The molecule has 1 aliphatic heterocycles. The van der Waals surface area contributed by atoms with E-state index in [2.05, 4.69) is 4.98 Å². The smallest absolute Gasteiger partial charge is 0.262 e. The van der Waals surface area contributed by atoms with Gasteiger partial charge in [0, 0.05) is 25.8 Å². The van der Waals surface area contributed by atoms with Gasteiger partial charge in [-0.1, -0.05) is 0 Å². The maximum absolute atomic E-state index is 12.3. The van der Waals surface area contributed by atoms with Gasteiger partial charge in [-0.05, 0) is 19.8 Å². The fourth-order valence-corrected chi connectivity index (χ4v) is 3.79. The van der Waals surface area contributed by atoms with Gasteiger partial charge in [-0.15, -0.1) is 0 Å². The lowest BCUT2D eigenvalue weighted by Gasteiger charge is -2.20. The fraction of sp³-hybridized carbons (Fsp3) is 0.700. The third-order valence-electron chi connectivity index (χ3n) is 3.19. The Labute approximate surface area is 101 Å². The molecular formula is C10H17N3O3S. The molecule has 7 heteroatoms. The van der Waals surface area contributed by atoms with Gasteiger partial charge in [0.05, 0.1) is 6.61 Å². The summed E-state index contributed by atoms with van der Waals surface area (Å²) >= 11 is 0. The molecule has 1 fully saturated rings. The fourth-order valence-electron chi connectivity index (χ4n) is 2.08. The van der Waals surface area contributed by atoms with E-state index in [1.807, 2.05) is 0 Å². The Bertz CT molecular complexity index is 489. The van der Waals surface area contributed by atoms with Crippen LogP contribution in [-0.2, 0) is 17.1 Å². The van der Waals surface area contributed by atoms with Crippen LogP contribution in [0.3, 0.4) is 0 Å². The highest BCUT2D eigenvalue weighted by atomic mass is 32.2. The highest BCUT2D eigenvalue weighted by molar-refractivity contribution is 7.89. The molecule has 0 unspecified atom stereocenters. The number of hydrogen-bond acceptors (Lipinski definition) is 4. The second-order valence-electron chi connectivity index (χ2n) is 4.33. The van der Waals surface area contributed by atoms with Gasteiger partial charge < -0.3 is 9.67 Å². The van der Waals surface area contributed by atoms with E-state index in [1.165, 1.54) is 10.5 Å². The van der Waals surface area contributed by atoms with Gasteiger partial charge in [-0.25, -0.2) is 13.4 Å². The average Bonchev–Trinajstić information content (AvgIpc) is 2.86. The predicted molar refractivity (Wildman–Crippen MR) is 61.9 cm³/mol. The van der Waals surface area contributed by atoms with E-state index >= 15 is 0 Å². The first-order chi connectivity index (χ1) is 7.96. The second-order valence-corrected chi connectivity index (χ2v) is 6.17. The van der Waals surface area contributed by atoms with Gasteiger partial charge in [0.2, 0.25) is 0 Å². The molecule has 0 spiro atoms. The van der Waals surface area contributed by atoms with Crippen molar-refractivity contribution in [3.05, 3.63) is 12.0 Å². The summed E-state index contributed by atoms with van der Waals surface area (Å²) in [6.45, 7) is 2.08. The molecule has 0 saturated carbocycles. The molecule has 1 aromatic heterocycles. The zero-order chi connectivity index (χ0) is 12.6. The molecule has 0 amide bonds. The van der Waals surface area contributed by atoms with E-state index in [0.29, 0.717) is 18.8 Å². The van der Waals surface area contributed by atoms with Crippen LogP contribution < -0.4 is 0 Å². The van der Waals surface area contributed by atoms with E-state index < -0.39 is 10.0 Å². The van der Waals surface area contributed by atoms with Crippen molar-refractivity contribution in [2.75, 3.05) is 13.2 Å². The molecule has 1 aliphatic rings. The number of imidazole rings is 1. The Kier molecular flexibility index (Phi) is 3.24. The summed E-state index contributed by atoms with van der Waals surface area (Å²) in [6, 6.07) is -0.303. The highest BCUT2D eigenvalue weighted by Crippen LogP contribution is 2.25. The molecule has 0 bridgehead atoms. The highest BCUT2D eigenvalue weighted by Gasteiger charge is 2.36. The number of rotatable bonds is 3. The van der Waals surface area contributed by atoms with Gasteiger partial charge >= 0.3 is 0 Å². The van der Waals surface area contributed by atoms with E-state index in [-0.39, 0.29) is 17.7 Å². The van der Waals surface area contributed by atoms with E-state index in [9.17, 15) is 13.5 Å². The number of aryl methyl sites for hydroxylation is 2. The van der Waals surface area contributed by atoms with Crippen molar-refractivity contribution in [2.45, 2.75) is 30.8 Å². The minimum absolute atomic E-state index is 0.0675. The molecule has 6 nitrogen and oxygen atoms in total. The Morgan fingerprint density at radius 1 is 1.59 bits per heavy atom. The molecule has 96 valence electrons. The summed E-state index contributed by atoms with van der Waals surface area (Å²) in [5.74, 6) is 0.656. The molecule has 0 aliphatic carbocycles. The third-order valence-corrected chi connectivity index (χ3v) is 5.02. The first kappa shape index (κ1) is 12.5. The largest absolute Gasteiger partial charge is 0.395 e. The number of nitrogens with zero attached hydrogens (tertiary/aromatic N) is 3. The van der Waals surface area contributed by atoms with Gasteiger partial charge in [0.1, 0.15) is 5.82 Å².